The SMILES string of the molecule is COCCOc1ccc([C@H](C)N2C[C@@H]3C[C@H]2CN3C(=O)c2ccc(C(F)(F)F)nc2)c(C)c1C. The minimum Gasteiger partial charge on any atom is -0.491 e. The highest BCUT2D eigenvalue weighted by Crippen LogP contribution is 2.39. The van der Waals surface area contributed by atoms with Crippen LogP contribution in [0.3, 0.4) is 0 Å². The van der Waals surface area contributed by atoms with Gasteiger partial charge in [-0.05, 0) is 62.1 Å². The monoisotopic (exact) mass is 477 g/mol. The first-order valence-corrected chi connectivity index (χ1v) is 11.4. The molecule has 0 aliphatic carbocycles. The van der Waals surface area contributed by atoms with Gasteiger partial charge in [0.15, 0.2) is 0 Å². The van der Waals surface area contributed by atoms with Crippen LogP contribution in [0.5, 0.6) is 5.75 Å². The number of fused-ring (bicyclic) bond motifs is 2. The molecule has 2 bridgehead atoms. The Bertz CT molecular complexity index is 1040. The first-order valence-electron chi connectivity index (χ1n) is 11.4. The number of methoxy groups -OCH3 is 1. The summed E-state index contributed by atoms with van der Waals surface area (Å²) in [6.45, 7) is 8.67. The maximum absolute atomic E-state index is 13.0. The number of carbonyl (C=O) groups excluding carboxylic acids is 1. The fourth-order valence-electron chi connectivity index (χ4n) is 5.11. The molecule has 1 aromatic carbocycles. The summed E-state index contributed by atoms with van der Waals surface area (Å²) in [5.74, 6) is 0.598. The fraction of sp³-hybridized carbons (Fsp3) is 0.520. The van der Waals surface area contributed by atoms with E-state index in [9.17, 15) is 18.0 Å². The van der Waals surface area contributed by atoms with E-state index in [0.29, 0.717) is 19.8 Å². The number of likely N-dealkylation sites (tertiary alicyclic amines) is 2. The smallest absolute Gasteiger partial charge is 0.433 e. The summed E-state index contributed by atoms with van der Waals surface area (Å²) in [4.78, 5) is 20.6. The average Bonchev–Trinajstić information content (AvgIpc) is 3.42. The second-order valence-electron chi connectivity index (χ2n) is 9.05. The Labute approximate surface area is 197 Å². The molecular weight excluding hydrogens is 447 g/mol. The molecule has 4 rings (SSSR count). The summed E-state index contributed by atoms with van der Waals surface area (Å²) in [6, 6.07) is 6.62. The van der Waals surface area contributed by atoms with Crippen LogP contribution < -0.4 is 4.74 Å². The summed E-state index contributed by atoms with van der Waals surface area (Å²) >= 11 is 0. The van der Waals surface area contributed by atoms with Gasteiger partial charge in [-0.15, -0.1) is 0 Å². The van der Waals surface area contributed by atoms with Gasteiger partial charge < -0.3 is 14.4 Å². The number of piperazine rings is 1. The largest absolute Gasteiger partial charge is 0.491 e. The summed E-state index contributed by atoms with van der Waals surface area (Å²) in [5.41, 5.74) is 2.72. The van der Waals surface area contributed by atoms with Crippen LogP contribution in [0.1, 0.15) is 52.1 Å². The lowest BCUT2D eigenvalue weighted by atomic mass is 9.96. The number of halogens is 3. The van der Waals surface area contributed by atoms with Gasteiger partial charge in [-0.1, -0.05) is 6.07 Å². The summed E-state index contributed by atoms with van der Waals surface area (Å²) in [5, 5.41) is 0. The molecular formula is C25H30F3N3O3. The molecule has 2 saturated heterocycles. The van der Waals surface area contributed by atoms with Crippen molar-refractivity contribution >= 4 is 5.91 Å². The van der Waals surface area contributed by atoms with Crippen molar-refractivity contribution in [1.29, 1.82) is 0 Å². The Morgan fingerprint density at radius 2 is 1.88 bits per heavy atom. The number of hydrogen-bond acceptors (Lipinski definition) is 5. The second kappa shape index (κ2) is 9.54. The molecule has 3 atom stereocenters. The van der Waals surface area contributed by atoms with Gasteiger partial charge >= 0.3 is 6.18 Å². The molecule has 0 spiro atoms. The number of alkyl halides is 3. The van der Waals surface area contributed by atoms with E-state index in [1.165, 1.54) is 17.2 Å². The van der Waals surface area contributed by atoms with E-state index in [-0.39, 0.29) is 29.6 Å². The molecule has 1 aromatic heterocycles. The number of ether oxygens (including phenoxy) is 2. The maximum Gasteiger partial charge on any atom is 0.433 e. The lowest BCUT2D eigenvalue weighted by Crippen LogP contribution is -2.49. The number of amides is 1. The van der Waals surface area contributed by atoms with Gasteiger partial charge in [0, 0.05) is 44.5 Å². The highest BCUT2D eigenvalue weighted by atomic mass is 19.4. The summed E-state index contributed by atoms with van der Waals surface area (Å²) in [6.07, 6.45) is -2.63. The van der Waals surface area contributed by atoms with Crippen molar-refractivity contribution in [2.75, 3.05) is 33.4 Å². The molecule has 0 saturated carbocycles. The van der Waals surface area contributed by atoms with Crippen LogP contribution in [0.25, 0.3) is 0 Å². The zero-order chi connectivity index (χ0) is 24.6. The van der Waals surface area contributed by atoms with E-state index in [2.05, 4.69) is 36.7 Å². The number of hydrogen-bond donors (Lipinski definition) is 0. The highest BCUT2D eigenvalue weighted by Gasteiger charge is 2.47. The van der Waals surface area contributed by atoms with Gasteiger partial charge in [0.1, 0.15) is 18.1 Å². The van der Waals surface area contributed by atoms with Gasteiger partial charge in [-0.2, -0.15) is 13.2 Å². The fourth-order valence-corrected chi connectivity index (χ4v) is 5.11. The Balaban J connectivity index is 1.42. The van der Waals surface area contributed by atoms with Crippen LogP contribution in [0.4, 0.5) is 13.2 Å². The van der Waals surface area contributed by atoms with Crippen molar-refractivity contribution in [2.45, 2.75) is 51.5 Å². The average molecular weight is 478 g/mol. The van der Waals surface area contributed by atoms with E-state index in [4.69, 9.17) is 9.47 Å². The summed E-state index contributed by atoms with van der Waals surface area (Å²) in [7, 11) is 1.64. The Hall–Kier alpha value is -2.65. The molecule has 2 fully saturated rings. The molecule has 3 heterocycles. The van der Waals surface area contributed by atoms with Gasteiger partial charge in [-0.25, -0.2) is 0 Å². The maximum atomic E-state index is 13.0. The van der Waals surface area contributed by atoms with E-state index >= 15 is 0 Å². The quantitative estimate of drug-likeness (QED) is 0.554. The van der Waals surface area contributed by atoms with E-state index < -0.39 is 11.9 Å². The number of rotatable bonds is 7. The predicted octanol–water partition coefficient (Wildman–Crippen LogP) is 4.40. The highest BCUT2D eigenvalue weighted by molar-refractivity contribution is 5.94. The van der Waals surface area contributed by atoms with Crippen LogP contribution in [0.2, 0.25) is 0 Å². The van der Waals surface area contributed by atoms with E-state index in [1.54, 1.807) is 12.0 Å². The third kappa shape index (κ3) is 4.63. The van der Waals surface area contributed by atoms with Crippen molar-refractivity contribution in [2.24, 2.45) is 0 Å². The zero-order valence-corrected chi connectivity index (χ0v) is 19.9. The molecule has 0 unspecified atom stereocenters. The molecule has 2 aliphatic heterocycles. The van der Waals surface area contributed by atoms with Crippen LogP contribution in [-0.2, 0) is 10.9 Å². The van der Waals surface area contributed by atoms with Crippen molar-refractivity contribution in [3.63, 3.8) is 0 Å². The van der Waals surface area contributed by atoms with E-state index in [1.807, 2.05) is 6.07 Å². The number of benzene rings is 1. The van der Waals surface area contributed by atoms with Crippen LogP contribution in [0.15, 0.2) is 30.5 Å². The number of aromatic nitrogens is 1. The van der Waals surface area contributed by atoms with Gasteiger partial charge in [0.25, 0.3) is 5.91 Å². The molecule has 34 heavy (non-hydrogen) atoms. The van der Waals surface area contributed by atoms with Crippen molar-refractivity contribution in [1.82, 2.24) is 14.8 Å². The normalized spacial score (nSPS) is 21.2. The number of carbonyl (C=O) groups is 1. The van der Waals surface area contributed by atoms with Crippen molar-refractivity contribution in [3.8, 4) is 5.75 Å². The minimum absolute atomic E-state index is 0.0419. The molecule has 1 amide bonds. The van der Waals surface area contributed by atoms with Gasteiger partial charge in [-0.3, -0.25) is 14.7 Å². The van der Waals surface area contributed by atoms with E-state index in [0.717, 1.165) is 36.5 Å². The lowest BCUT2D eigenvalue weighted by molar-refractivity contribution is -0.141. The standard InChI is InChI=1S/C25H30F3N3O3/c1-15-16(2)22(34-10-9-33-4)7-6-21(15)17(3)30-13-20-11-19(30)14-31(20)24(32)18-5-8-23(29-12-18)25(26,27)28/h5-8,12,17,19-20H,9-11,13-14H2,1-4H3/t17-,19-,20-/m0/s1. The van der Waals surface area contributed by atoms with Crippen LogP contribution >= 0.6 is 0 Å². The van der Waals surface area contributed by atoms with Crippen molar-refractivity contribution < 1.29 is 27.4 Å². The Kier molecular flexibility index (Phi) is 6.87. The second-order valence-corrected chi connectivity index (χ2v) is 9.05. The lowest BCUT2D eigenvalue weighted by Gasteiger charge is -2.38. The molecule has 2 aliphatic rings. The topological polar surface area (TPSA) is 54.9 Å². The Morgan fingerprint density at radius 1 is 1.12 bits per heavy atom. The molecule has 0 radical (unpaired) electrons. The van der Waals surface area contributed by atoms with Crippen LogP contribution in [-0.4, -0.2) is 66.2 Å². The third-order valence-corrected chi connectivity index (χ3v) is 7.12. The predicted molar refractivity (Wildman–Crippen MR) is 121 cm³/mol. The first-order chi connectivity index (χ1) is 16.1. The number of nitrogens with zero attached hydrogens (tertiary/aromatic N) is 3. The first kappa shape index (κ1) is 24.5. The molecule has 0 N–H and O–H groups in total. The van der Waals surface area contributed by atoms with Gasteiger partial charge in [0.05, 0.1) is 12.2 Å². The molecule has 6 nitrogen and oxygen atoms in total. The number of pyridine rings is 1. The molecule has 184 valence electrons. The molecule has 2 aromatic rings. The van der Waals surface area contributed by atoms with Gasteiger partial charge in [0.2, 0.25) is 0 Å². The Morgan fingerprint density at radius 3 is 2.47 bits per heavy atom. The zero-order valence-electron chi connectivity index (χ0n) is 19.9. The minimum atomic E-state index is -4.52. The van der Waals surface area contributed by atoms with Crippen LogP contribution in [0, 0.1) is 13.8 Å². The summed E-state index contributed by atoms with van der Waals surface area (Å²) < 4.78 is 49.2. The molecule has 9 heteroatoms. The van der Waals surface area contributed by atoms with Crippen molar-refractivity contribution in [3.05, 3.63) is 58.4 Å². The third-order valence-electron chi connectivity index (χ3n) is 7.12.